The number of hydrogen-bond acceptors (Lipinski definition) is 10. The first-order chi connectivity index (χ1) is 21.3. The number of carbonyl (C=O) groups is 4. The summed E-state index contributed by atoms with van der Waals surface area (Å²) in [6, 6.07) is 10.5. The van der Waals surface area contributed by atoms with E-state index in [1.807, 2.05) is 6.92 Å². The van der Waals surface area contributed by atoms with Gasteiger partial charge in [-0.15, -0.1) is 0 Å². The molecule has 3 amide bonds. The molecule has 0 saturated carbocycles. The smallest absolute Gasteiger partial charge is 0.328 e. The van der Waals surface area contributed by atoms with Crippen molar-refractivity contribution >= 4 is 35.0 Å². The van der Waals surface area contributed by atoms with E-state index in [0.717, 1.165) is 0 Å². The number of likely N-dealkylation sites (N-methyl/N-ethyl adjacent to an activating group) is 1. The molecular weight excluding hydrogens is 576 g/mol. The highest BCUT2D eigenvalue weighted by molar-refractivity contribution is 5.94. The molecule has 0 aliphatic heterocycles. The van der Waals surface area contributed by atoms with E-state index in [9.17, 15) is 29.7 Å². The summed E-state index contributed by atoms with van der Waals surface area (Å²) in [6.45, 7) is 8.50. The van der Waals surface area contributed by atoms with E-state index in [4.69, 9.17) is 10.5 Å². The van der Waals surface area contributed by atoms with Gasteiger partial charge < -0.3 is 25.6 Å². The van der Waals surface area contributed by atoms with Gasteiger partial charge in [0.1, 0.15) is 53.5 Å². The van der Waals surface area contributed by atoms with E-state index in [1.54, 1.807) is 81.3 Å². The summed E-state index contributed by atoms with van der Waals surface area (Å²) in [5, 5.41) is 44.9. The minimum atomic E-state index is -0.963. The molecular formula is C32H38N8O5. The number of nitrogens with one attached hydrogen (secondary N) is 3. The average Bonchev–Trinajstić information content (AvgIpc) is 3.03. The number of nitriles is 4. The first-order valence-electron chi connectivity index (χ1n) is 14.1. The van der Waals surface area contributed by atoms with Crippen molar-refractivity contribution in [2.24, 2.45) is 11.8 Å². The quantitative estimate of drug-likeness (QED) is 0.158. The van der Waals surface area contributed by atoms with E-state index >= 15 is 0 Å². The zero-order valence-corrected chi connectivity index (χ0v) is 26.5. The molecule has 0 radical (unpaired) electrons. The molecule has 0 spiro atoms. The van der Waals surface area contributed by atoms with Crippen LogP contribution in [0.5, 0.6) is 0 Å². The van der Waals surface area contributed by atoms with Crippen molar-refractivity contribution in [3.63, 3.8) is 0 Å². The lowest BCUT2D eigenvalue weighted by molar-refractivity contribution is -0.145. The van der Waals surface area contributed by atoms with Crippen LogP contribution in [0.1, 0.15) is 46.6 Å². The molecule has 1 rings (SSSR count). The third-order valence-corrected chi connectivity index (χ3v) is 6.99. The van der Waals surface area contributed by atoms with Gasteiger partial charge in [0.25, 0.3) is 0 Å². The Labute approximate surface area is 263 Å². The lowest BCUT2D eigenvalue weighted by Crippen LogP contribution is -2.59. The highest BCUT2D eigenvalue weighted by Gasteiger charge is 2.32. The molecule has 0 aliphatic carbocycles. The van der Waals surface area contributed by atoms with Crippen molar-refractivity contribution in [1.29, 1.82) is 21.0 Å². The number of rotatable bonds is 14. The second kappa shape index (κ2) is 18.1. The first-order valence-corrected chi connectivity index (χ1v) is 14.1. The van der Waals surface area contributed by atoms with Gasteiger partial charge in [0.2, 0.25) is 17.7 Å². The van der Waals surface area contributed by atoms with Crippen LogP contribution in [-0.4, -0.2) is 62.5 Å². The number of benzene rings is 1. The van der Waals surface area contributed by atoms with E-state index < -0.39 is 41.8 Å². The van der Waals surface area contributed by atoms with Crippen LogP contribution >= 0.6 is 0 Å². The largest absolute Gasteiger partial charge is 0.467 e. The summed E-state index contributed by atoms with van der Waals surface area (Å²) in [4.78, 5) is 52.7. The average molecular weight is 615 g/mol. The fraction of sp³-hybridized carbons (Fsp3) is 0.438. The van der Waals surface area contributed by atoms with E-state index in [2.05, 4.69) is 20.7 Å². The number of esters is 1. The Morgan fingerprint density at radius 3 is 1.89 bits per heavy atom. The number of anilines is 1. The van der Waals surface area contributed by atoms with E-state index in [1.165, 1.54) is 20.1 Å². The topological polar surface area (TPSA) is 212 Å². The molecule has 1 aromatic carbocycles. The fourth-order valence-electron chi connectivity index (χ4n) is 4.12. The zero-order chi connectivity index (χ0) is 34.3. The number of nitrogens with zero attached hydrogens (tertiary/aromatic N) is 5. The lowest BCUT2D eigenvalue weighted by atomic mass is 9.96. The predicted octanol–water partition coefficient (Wildman–Crippen LogP) is 2.25. The molecule has 0 aliphatic rings. The second-order valence-electron chi connectivity index (χ2n) is 10.6. The normalized spacial score (nSPS) is 12.6. The Morgan fingerprint density at radius 1 is 0.867 bits per heavy atom. The third kappa shape index (κ3) is 10.8. The Bertz CT molecular complexity index is 1450. The van der Waals surface area contributed by atoms with Gasteiger partial charge in [-0.3, -0.25) is 14.4 Å². The molecule has 0 heterocycles. The number of amides is 3. The Balaban J connectivity index is 3.10. The van der Waals surface area contributed by atoms with Crippen molar-refractivity contribution in [1.82, 2.24) is 16.0 Å². The number of hydrogen-bond donors (Lipinski definition) is 3. The summed E-state index contributed by atoms with van der Waals surface area (Å²) < 4.78 is 4.65. The van der Waals surface area contributed by atoms with Crippen molar-refractivity contribution in [2.75, 3.05) is 25.6 Å². The summed E-state index contributed by atoms with van der Waals surface area (Å²) in [6.07, 6.45) is 1.73. The SMILES string of the molecule is CC[C@H](C)[C@H](NC(=O)[C@@H](NC(=O)CN(C)c1ccc(C(C=C(C#N)C#N)=C(C#N)C#N)cc1)C(C)C)C(=O)N[C@@H](C)C(=O)OC. The molecule has 13 nitrogen and oxygen atoms in total. The Hall–Kier alpha value is -5.66. The first kappa shape index (κ1) is 37.4. The summed E-state index contributed by atoms with van der Waals surface area (Å²) in [5.74, 6) is -2.79. The van der Waals surface area contributed by atoms with Crippen LogP contribution in [0.15, 0.2) is 41.5 Å². The summed E-state index contributed by atoms with van der Waals surface area (Å²) in [7, 11) is 2.86. The maximum Gasteiger partial charge on any atom is 0.328 e. The van der Waals surface area contributed by atoms with Crippen LogP contribution in [-0.2, 0) is 23.9 Å². The fourth-order valence-corrected chi connectivity index (χ4v) is 4.12. The van der Waals surface area contributed by atoms with Crippen LogP contribution in [0, 0.1) is 57.2 Å². The molecule has 0 saturated heterocycles. The number of ether oxygens (including phenoxy) is 1. The predicted molar refractivity (Wildman–Crippen MR) is 165 cm³/mol. The van der Waals surface area contributed by atoms with Gasteiger partial charge in [-0.05, 0) is 42.5 Å². The standard InChI is InChI=1S/C32H38N8O5/c1-8-20(4)29(31(43)37-21(5)32(44)45-7)39-30(42)28(19(2)3)38-27(41)18-40(6)25-11-9-23(10-12-25)26(24(16-35)17-36)13-22(14-33)15-34/h9-13,19-21,28-29H,8,18H2,1-7H3,(H,37,43)(H,38,41)(H,39,42)/t20-,21-,28-,29-/m0/s1. The van der Waals surface area contributed by atoms with Crippen molar-refractivity contribution in [3.8, 4) is 24.3 Å². The van der Waals surface area contributed by atoms with Crippen molar-refractivity contribution in [2.45, 2.75) is 59.2 Å². The van der Waals surface area contributed by atoms with Gasteiger partial charge in [-0.2, -0.15) is 21.0 Å². The molecule has 0 fully saturated rings. The molecule has 3 N–H and O–H groups in total. The van der Waals surface area contributed by atoms with Gasteiger partial charge in [0.05, 0.1) is 13.7 Å². The molecule has 13 heteroatoms. The lowest BCUT2D eigenvalue weighted by Gasteiger charge is -2.29. The molecule has 45 heavy (non-hydrogen) atoms. The van der Waals surface area contributed by atoms with Crippen molar-refractivity contribution in [3.05, 3.63) is 47.1 Å². The Morgan fingerprint density at radius 2 is 1.42 bits per heavy atom. The van der Waals surface area contributed by atoms with Crippen LogP contribution in [0.4, 0.5) is 5.69 Å². The molecule has 0 bridgehead atoms. The minimum absolute atomic E-state index is 0.111. The van der Waals surface area contributed by atoms with E-state index in [-0.39, 0.29) is 35.1 Å². The summed E-state index contributed by atoms with van der Waals surface area (Å²) in [5.41, 5.74) is 0.561. The van der Waals surface area contributed by atoms with Crippen molar-refractivity contribution < 1.29 is 23.9 Å². The maximum atomic E-state index is 13.3. The number of allylic oxidation sites excluding steroid dienone is 4. The third-order valence-electron chi connectivity index (χ3n) is 6.99. The number of methoxy groups -OCH3 is 1. The summed E-state index contributed by atoms with van der Waals surface area (Å²) >= 11 is 0. The minimum Gasteiger partial charge on any atom is -0.467 e. The molecule has 0 aromatic heterocycles. The van der Waals surface area contributed by atoms with Gasteiger partial charge in [0.15, 0.2) is 0 Å². The van der Waals surface area contributed by atoms with Gasteiger partial charge in [-0.1, -0.05) is 46.2 Å². The highest BCUT2D eigenvalue weighted by atomic mass is 16.5. The molecule has 0 unspecified atom stereocenters. The van der Waals surface area contributed by atoms with E-state index in [0.29, 0.717) is 17.7 Å². The molecule has 236 valence electrons. The van der Waals surface area contributed by atoms with Crippen LogP contribution < -0.4 is 20.9 Å². The van der Waals surface area contributed by atoms with Crippen LogP contribution in [0.25, 0.3) is 5.57 Å². The van der Waals surface area contributed by atoms with Gasteiger partial charge in [0, 0.05) is 18.3 Å². The zero-order valence-electron chi connectivity index (χ0n) is 26.5. The molecule has 1 aromatic rings. The molecule has 4 atom stereocenters. The van der Waals surface area contributed by atoms with Gasteiger partial charge >= 0.3 is 5.97 Å². The highest BCUT2D eigenvalue weighted by Crippen LogP contribution is 2.24. The second-order valence-corrected chi connectivity index (χ2v) is 10.6. The monoisotopic (exact) mass is 614 g/mol. The Kier molecular flexibility index (Phi) is 15.0. The number of carbonyl (C=O) groups excluding carboxylic acids is 4. The maximum absolute atomic E-state index is 13.3. The van der Waals surface area contributed by atoms with Crippen LogP contribution in [0.3, 0.4) is 0 Å². The van der Waals surface area contributed by atoms with Crippen LogP contribution in [0.2, 0.25) is 0 Å². The van der Waals surface area contributed by atoms with Gasteiger partial charge in [-0.25, -0.2) is 4.79 Å².